The molecule has 4 nitrogen and oxygen atoms in total. The zero-order valence-electron chi connectivity index (χ0n) is 15.3. The number of benzene rings is 2. The number of nitrogens with zero attached hydrogens (tertiary/aromatic N) is 2. The molecule has 0 saturated heterocycles. The second-order valence-corrected chi connectivity index (χ2v) is 7.84. The van der Waals surface area contributed by atoms with Gasteiger partial charge in [0.25, 0.3) is 5.72 Å². The van der Waals surface area contributed by atoms with Crippen molar-refractivity contribution in [3.05, 3.63) is 59.7 Å². The van der Waals surface area contributed by atoms with Crippen LogP contribution in [0.3, 0.4) is 0 Å². The molecule has 4 rings (SSSR count). The van der Waals surface area contributed by atoms with Gasteiger partial charge in [-0.05, 0) is 61.5 Å². The van der Waals surface area contributed by atoms with Crippen molar-refractivity contribution < 1.29 is 40.2 Å². The van der Waals surface area contributed by atoms with E-state index in [0.717, 1.165) is 29.6 Å². The quantitative estimate of drug-likeness (QED) is 0.669. The van der Waals surface area contributed by atoms with Gasteiger partial charge in [-0.3, -0.25) is 0 Å². The van der Waals surface area contributed by atoms with Crippen LogP contribution in [0.5, 0.6) is 5.75 Å². The Hall–Kier alpha value is -1.64. The number of anilines is 1. The number of β-amino-alcohol motifs (C(OH)–C–C–N with tert-alkyl or cyclic N) is 1. The maximum atomic E-state index is 12.4. The molecule has 28 heavy (non-hydrogen) atoms. The fourth-order valence-electron chi connectivity index (χ4n) is 3.58. The van der Waals surface area contributed by atoms with E-state index in [1.54, 1.807) is 23.9 Å². The van der Waals surface area contributed by atoms with E-state index in [2.05, 4.69) is 33.9 Å². The number of amidine groups is 1. The minimum Gasteiger partial charge on any atom is -1.00 e. The molecule has 1 unspecified atom stereocenters. The van der Waals surface area contributed by atoms with Crippen LogP contribution in [0.25, 0.3) is 0 Å². The van der Waals surface area contributed by atoms with Gasteiger partial charge in [-0.15, -0.1) is 0 Å². The molecule has 2 aromatic carbocycles. The number of alkyl halides is 2. The number of ether oxygens (including phenoxy) is 1. The van der Waals surface area contributed by atoms with E-state index < -0.39 is 12.3 Å². The molecule has 0 amide bonds. The van der Waals surface area contributed by atoms with Gasteiger partial charge in [0.2, 0.25) is 0 Å². The van der Waals surface area contributed by atoms with Crippen LogP contribution >= 0.6 is 11.8 Å². The van der Waals surface area contributed by atoms with Gasteiger partial charge in [0.15, 0.2) is 6.54 Å². The largest absolute Gasteiger partial charge is 1.00 e. The molecule has 0 radical (unpaired) electrons. The monoisotopic (exact) mass is 470 g/mol. The second kappa shape index (κ2) is 8.39. The van der Waals surface area contributed by atoms with Crippen molar-refractivity contribution in [3.8, 4) is 5.75 Å². The fourth-order valence-corrected chi connectivity index (χ4v) is 4.76. The fraction of sp³-hybridized carbons (Fsp3) is 0.350. The first-order chi connectivity index (χ1) is 13.0. The van der Waals surface area contributed by atoms with Crippen LogP contribution in [0.15, 0.2) is 48.5 Å². The third kappa shape index (κ3) is 3.90. The number of rotatable bonds is 4. The van der Waals surface area contributed by atoms with Crippen molar-refractivity contribution in [1.82, 2.24) is 0 Å². The van der Waals surface area contributed by atoms with Crippen LogP contribution in [0.1, 0.15) is 17.5 Å². The van der Waals surface area contributed by atoms with Gasteiger partial charge >= 0.3 is 11.8 Å². The van der Waals surface area contributed by atoms with Gasteiger partial charge in [0.1, 0.15) is 11.4 Å². The first-order valence-corrected chi connectivity index (χ1v) is 9.85. The summed E-state index contributed by atoms with van der Waals surface area (Å²) in [5.74, 6) is 1.09. The summed E-state index contributed by atoms with van der Waals surface area (Å²) < 4.78 is 31.2. The van der Waals surface area contributed by atoms with E-state index in [1.165, 1.54) is 17.7 Å². The van der Waals surface area contributed by atoms with Crippen molar-refractivity contribution >= 4 is 22.6 Å². The molecule has 2 aromatic rings. The van der Waals surface area contributed by atoms with Crippen LogP contribution in [0, 0.1) is 6.92 Å². The summed E-state index contributed by atoms with van der Waals surface area (Å²) in [4.78, 5) is 2.13. The topological polar surface area (TPSA) is 35.7 Å². The number of hydrogen-bond donors (Lipinski definition) is 1. The number of halogens is 3. The molecule has 1 N–H and O–H groups in total. The third-order valence-electron chi connectivity index (χ3n) is 4.93. The lowest BCUT2D eigenvalue weighted by molar-refractivity contribution is -0.656. The molecule has 0 bridgehead atoms. The average molecular weight is 471 g/mol. The lowest BCUT2D eigenvalue weighted by Crippen LogP contribution is -3.00. The normalized spacial score (nSPS) is 21.5. The molecule has 0 aliphatic carbocycles. The van der Waals surface area contributed by atoms with Crippen molar-refractivity contribution in [1.29, 1.82) is 0 Å². The zero-order chi connectivity index (χ0) is 19.0. The Balaban J connectivity index is 0.00000225. The Labute approximate surface area is 177 Å². The van der Waals surface area contributed by atoms with Crippen LogP contribution in [-0.2, 0) is 5.72 Å². The highest BCUT2D eigenvalue weighted by molar-refractivity contribution is 8.13. The maximum absolute atomic E-state index is 12.4. The predicted octanol–water partition coefficient (Wildman–Crippen LogP) is 0.771. The Morgan fingerprint density at radius 2 is 1.82 bits per heavy atom. The Bertz CT molecular complexity index is 862. The van der Waals surface area contributed by atoms with E-state index in [9.17, 15) is 13.9 Å². The Kier molecular flexibility index (Phi) is 6.31. The summed E-state index contributed by atoms with van der Waals surface area (Å²) >= 11 is 1.73. The predicted molar refractivity (Wildman–Crippen MR) is 103 cm³/mol. The van der Waals surface area contributed by atoms with Crippen LogP contribution in [-0.4, -0.2) is 40.3 Å². The van der Waals surface area contributed by atoms with Gasteiger partial charge in [0.05, 0.1) is 6.54 Å². The summed E-state index contributed by atoms with van der Waals surface area (Å²) in [6.07, 6.45) is 0.977. The highest BCUT2D eigenvalue weighted by atomic mass is 79.9. The van der Waals surface area contributed by atoms with Gasteiger partial charge < -0.3 is 26.8 Å². The molecule has 150 valence electrons. The molecule has 0 spiro atoms. The lowest BCUT2D eigenvalue weighted by atomic mass is 10.0. The number of hydrogen-bond acceptors (Lipinski definition) is 4. The zero-order valence-corrected chi connectivity index (χ0v) is 17.7. The molecule has 2 aliphatic heterocycles. The number of aliphatic hydroxyl groups is 1. The van der Waals surface area contributed by atoms with Crippen molar-refractivity contribution in [3.63, 3.8) is 0 Å². The van der Waals surface area contributed by atoms with Crippen molar-refractivity contribution in [2.45, 2.75) is 25.7 Å². The Morgan fingerprint density at radius 1 is 1.14 bits per heavy atom. The average Bonchev–Trinajstić information content (AvgIpc) is 2.97. The second-order valence-electron chi connectivity index (χ2n) is 6.78. The van der Waals surface area contributed by atoms with Gasteiger partial charge in [-0.2, -0.15) is 8.78 Å². The lowest BCUT2D eigenvalue weighted by Gasteiger charge is -2.24. The molecule has 0 aromatic heterocycles. The molecule has 1 atom stereocenters. The van der Waals surface area contributed by atoms with Crippen LogP contribution < -0.4 is 26.6 Å². The Morgan fingerprint density at radius 3 is 2.46 bits per heavy atom. The molecular weight excluding hydrogens is 450 g/mol. The van der Waals surface area contributed by atoms with Crippen molar-refractivity contribution in [2.75, 3.05) is 23.7 Å². The summed E-state index contributed by atoms with van der Waals surface area (Å²) in [5.41, 5.74) is 1.67. The van der Waals surface area contributed by atoms with Gasteiger partial charge in [0, 0.05) is 11.3 Å². The highest BCUT2D eigenvalue weighted by Crippen LogP contribution is 2.38. The van der Waals surface area contributed by atoms with Crippen LogP contribution in [0.2, 0.25) is 0 Å². The van der Waals surface area contributed by atoms with Crippen molar-refractivity contribution in [2.24, 2.45) is 0 Å². The summed E-state index contributed by atoms with van der Waals surface area (Å²) in [6, 6.07) is 14.5. The van der Waals surface area contributed by atoms with Crippen LogP contribution in [0.4, 0.5) is 14.5 Å². The third-order valence-corrected chi connectivity index (χ3v) is 6.12. The smallest absolute Gasteiger partial charge is 0.387 e. The van der Waals surface area contributed by atoms with Gasteiger partial charge in [-0.25, -0.2) is 9.48 Å². The molecule has 2 aliphatic rings. The number of thioether (sulfide) groups is 1. The van der Waals surface area contributed by atoms with E-state index in [4.69, 9.17) is 0 Å². The summed E-state index contributed by atoms with van der Waals surface area (Å²) in [7, 11) is 0. The van der Waals surface area contributed by atoms with E-state index in [-0.39, 0.29) is 22.7 Å². The maximum Gasteiger partial charge on any atom is 0.387 e. The SMILES string of the molecule is Cc1ccc(N2CC(O)(c3ccc(OC(F)F)cc3)[N+]3=C2SCCC3)cc1.[Br-]. The molecular formula is C20H21BrF2N2O2S. The van der Waals surface area contributed by atoms with Gasteiger partial charge in [-0.1, -0.05) is 17.7 Å². The highest BCUT2D eigenvalue weighted by Gasteiger charge is 2.53. The number of aryl methyl sites for hydroxylation is 1. The minimum atomic E-state index is -2.86. The molecule has 2 heterocycles. The summed E-state index contributed by atoms with van der Waals surface area (Å²) in [6.45, 7) is 0.312. The molecule has 0 fully saturated rings. The minimum absolute atomic E-state index is 0. The molecule has 0 saturated carbocycles. The summed E-state index contributed by atoms with van der Waals surface area (Å²) in [5, 5.41) is 12.6. The van der Waals surface area contributed by atoms with E-state index >= 15 is 0 Å². The standard InChI is InChI=1S/C20H21F2N2O2S.BrH/c1-14-3-7-16(8-4-14)23-13-20(25,24-11-2-12-27-19(23)24)15-5-9-17(10-6-15)26-18(21)22;/h3-10,18,25H,2,11-13H2,1H3;1H/q+1;/p-1. The first-order valence-electron chi connectivity index (χ1n) is 8.87. The first kappa shape index (κ1) is 21.1. The van der Waals surface area contributed by atoms with E-state index in [1.807, 2.05) is 11.5 Å². The molecule has 8 heteroatoms. The van der Waals surface area contributed by atoms with E-state index in [0.29, 0.717) is 12.1 Å².